The first-order chi connectivity index (χ1) is 9.78. The Kier molecular flexibility index (Phi) is 4.44. The Morgan fingerprint density at radius 3 is 3.05 bits per heavy atom. The molecular weight excluding hydrogens is 334 g/mol. The molecule has 1 aromatic heterocycles. The van der Waals surface area contributed by atoms with Crippen LogP contribution in [0.5, 0.6) is 5.75 Å². The molecule has 1 saturated heterocycles. The van der Waals surface area contributed by atoms with Crippen molar-refractivity contribution in [1.82, 2.24) is 4.90 Å². The standard InChI is InChI=1S/C16H18BrNOS/c1-19-13-5-2-4-12(10-13)15-6-3-8-18(15)11-16-14(17)7-9-20-16/h2,4-5,7,9-10,15H,3,6,8,11H2,1H3. The van der Waals surface area contributed by atoms with Crippen LogP contribution in [0.15, 0.2) is 40.2 Å². The van der Waals surface area contributed by atoms with E-state index in [1.165, 1.54) is 34.3 Å². The smallest absolute Gasteiger partial charge is 0.119 e. The largest absolute Gasteiger partial charge is 0.497 e. The number of rotatable bonds is 4. The summed E-state index contributed by atoms with van der Waals surface area (Å²) >= 11 is 5.46. The highest BCUT2D eigenvalue weighted by atomic mass is 79.9. The number of thiophene rings is 1. The minimum Gasteiger partial charge on any atom is -0.497 e. The van der Waals surface area contributed by atoms with Gasteiger partial charge >= 0.3 is 0 Å². The lowest BCUT2D eigenvalue weighted by atomic mass is 10.0. The van der Waals surface area contributed by atoms with Crippen LogP contribution in [0.4, 0.5) is 0 Å². The number of likely N-dealkylation sites (tertiary alicyclic amines) is 1. The van der Waals surface area contributed by atoms with Crippen LogP contribution in [0.3, 0.4) is 0 Å². The number of benzene rings is 1. The van der Waals surface area contributed by atoms with Gasteiger partial charge in [0.05, 0.1) is 7.11 Å². The molecule has 4 heteroatoms. The van der Waals surface area contributed by atoms with E-state index < -0.39 is 0 Å². The molecule has 2 heterocycles. The molecule has 3 rings (SSSR count). The van der Waals surface area contributed by atoms with Crippen LogP contribution in [-0.4, -0.2) is 18.6 Å². The summed E-state index contributed by atoms with van der Waals surface area (Å²) in [6.07, 6.45) is 2.50. The second-order valence-electron chi connectivity index (χ2n) is 5.10. The molecule has 1 atom stereocenters. The van der Waals surface area contributed by atoms with E-state index in [0.717, 1.165) is 12.3 Å². The summed E-state index contributed by atoms with van der Waals surface area (Å²) in [5.41, 5.74) is 1.37. The number of halogens is 1. The van der Waals surface area contributed by atoms with Gasteiger partial charge in [0.15, 0.2) is 0 Å². The van der Waals surface area contributed by atoms with Gasteiger partial charge in [0, 0.05) is 21.9 Å². The summed E-state index contributed by atoms with van der Waals surface area (Å²) in [5, 5.41) is 2.15. The van der Waals surface area contributed by atoms with Gasteiger partial charge in [0.25, 0.3) is 0 Å². The van der Waals surface area contributed by atoms with Crippen molar-refractivity contribution in [2.45, 2.75) is 25.4 Å². The van der Waals surface area contributed by atoms with E-state index in [0.29, 0.717) is 6.04 Å². The van der Waals surface area contributed by atoms with Gasteiger partial charge in [-0.05, 0) is 64.5 Å². The van der Waals surface area contributed by atoms with Gasteiger partial charge in [-0.3, -0.25) is 4.90 Å². The Morgan fingerprint density at radius 2 is 2.30 bits per heavy atom. The Bertz CT molecular complexity index is 583. The quantitative estimate of drug-likeness (QED) is 0.779. The molecule has 0 bridgehead atoms. The van der Waals surface area contributed by atoms with Crippen LogP contribution in [0, 0.1) is 0 Å². The van der Waals surface area contributed by atoms with Crippen LogP contribution >= 0.6 is 27.3 Å². The first kappa shape index (κ1) is 14.1. The van der Waals surface area contributed by atoms with Crippen LogP contribution in [0.1, 0.15) is 29.3 Å². The fraction of sp³-hybridized carbons (Fsp3) is 0.375. The van der Waals surface area contributed by atoms with Gasteiger partial charge in [-0.25, -0.2) is 0 Å². The van der Waals surface area contributed by atoms with Gasteiger partial charge in [0.1, 0.15) is 5.75 Å². The SMILES string of the molecule is COc1cccc(C2CCCN2Cc2sccc2Br)c1. The maximum Gasteiger partial charge on any atom is 0.119 e. The first-order valence-corrected chi connectivity index (χ1v) is 8.55. The molecule has 0 spiro atoms. The molecule has 0 N–H and O–H groups in total. The van der Waals surface area contributed by atoms with Crippen molar-refractivity contribution in [2.24, 2.45) is 0 Å². The van der Waals surface area contributed by atoms with Crippen molar-refractivity contribution in [2.75, 3.05) is 13.7 Å². The van der Waals surface area contributed by atoms with Gasteiger partial charge in [-0.1, -0.05) is 12.1 Å². The lowest BCUT2D eigenvalue weighted by Crippen LogP contribution is -2.22. The van der Waals surface area contributed by atoms with Crippen LogP contribution in [-0.2, 0) is 6.54 Å². The molecule has 20 heavy (non-hydrogen) atoms. The number of ether oxygens (including phenoxy) is 1. The highest BCUT2D eigenvalue weighted by Crippen LogP contribution is 2.36. The second-order valence-corrected chi connectivity index (χ2v) is 6.95. The van der Waals surface area contributed by atoms with E-state index in [1.807, 2.05) is 17.4 Å². The highest BCUT2D eigenvalue weighted by Gasteiger charge is 2.26. The minimum absolute atomic E-state index is 0.513. The minimum atomic E-state index is 0.513. The van der Waals surface area contributed by atoms with E-state index in [1.54, 1.807) is 7.11 Å². The summed E-state index contributed by atoms with van der Waals surface area (Å²) in [4.78, 5) is 3.99. The summed E-state index contributed by atoms with van der Waals surface area (Å²) < 4.78 is 6.59. The lowest BCUT2D eigenvalue weighted by molar-refractivity contribution is 0.250. The van der Waals surface area contributed by atoms with Crippen molar-refractivity contribution in [1.29, 1.82) is 0 Å². The molecule has 0 aliphatic carbocycles. The third-order valence-electron chi connectivity index (χ3n) is 3.88. The molecule has 2 aromatic rings. The van der Waals surface area contributed by atoms with Crippen molar-refractivity contribution in [3.8, 4) is 5.75 Å². The van der Waals surface area contributed by atoms with E-state index >= 15 is 0 Å². The monoisotopic (exact) mass is 351 g/mol. The predicted molar refractivity (Wildman–Crippen MR) is 87.4 cm³/mol. The first-order valence-electron chi connectivity index (χ1n) is 6.88. The lowest BCUT2D eigenvalue weighted by Gasteiger charge is -2.24. The summed E-state index contributed by atoms with van der Waals surface area (Å²) in [7, 11) is 1.73. The van der Waals surface area contributed by atoms with Crippen molar-refractivity contribution >= 4 is 27.3 Å². The third-order valence-corrected chi connectivity index (χ3v) is 5.79. The molecule has 0 saturated carbocycles. The van der Waals surface area contributed by atoms with Gasteiger partial charge in [-0.2, -0.15) is 0 Å². The summed E-state index contributed by atoms with van der Waals surface area (Å²) in [6.45, 7) is 2.20. The Hall–Kier alpha value is -0.840. The zero-order valence-corrected chi connectivity index (χ0v) is 13.9. The van der Waals surface area contributed by atoms with Gasteiger partial charge < -0.3 is 4.74 Å². The van der Waals surface area contributed by atoms with Crippen molar-refractivity contribution in [3.05, 3.63) is 50.6 Å². The molecule has 2 nitrogen and oxygen atoms in total. The number of hydrogen-bond donors (Lipinski definition) is 0. The van der Waals surface area contributed by atoms with Crippen LogP contribution in [0.2, 0.25) is 0 Å². The molecule has 1 fully saturated rings. The molecule has 0 radical (unpaired) electrons. The number of methoxy groups -OCH3 is 1. The van der Waals surface area contributed by atoms with E-state index in [4.69, 9.17) is 4.74 Å². The zero-order valence-electron chi connectivity index (χ0n) is 11.5. The van der Waals surface area contributed by atoms with E-state index in [-0.39, 0.29) is 0 Å². The predicted octanol–water partition coefficient (Wildman–Crippen LogP) is 4.86. The molecule has 1 aliphatic rings. The fourth-order valence-corrected chi connectivity index (χ4v) is 4.37. The second kappa shape index (κ2) is 6.29. The van der Waals surface area contributed by atoms with Crippen molar-refractivity contribution < 1.29 is 4.74 Å². The molecule has 0 amide bonds. The average Bonchev–Trinajstić information content (AvgIpc) is 3.09. The topological polar surface area (TPSA) is 12.5 Å². The van der Waals surface area contributed by atoms with Gasteiger partial charge in [0.2, 0.25) is 0 Å². The third kappa shape index (κ3) is 2.92. The average molecular weight is 352 g/mol. The van der Waals surface area contributed by atoms with Gasteiger partial charge in [-0.15, -0.1) is 11.3 Å². The van der Waals surface area contributed by atoms with Crippen LogP contribution in [0.25, 0.3) is 0 Å². The highest BCUT2D eigenvalue weighted by molar-refractivity contribution is 9.10. The fourth-order valence-electron chi connectivity index (χ4n) is 2.86. The summed E-state index contributed by atoms with van der Waals surface area (Å²) in [6, 6.07) is 11.1. The Morgan fingerprint density at radius 1 is 1.40 bits per heavy atom. The zero-order chi connectivity index (χ0) is 13.9. The Labute approximate surface area is 132 Å². The molecule has 1 aliphatic heterocycles. The molecule has 106 valence electrons. The molecule has 1 unspecified atom stereocenters. The maximum atomic E-state index is 5.35. The summed E-state index contributed by atoms with van der Waals surface area (Å²) in [5.74, 6) is 0.951. The van der Waals surface area contributed by atoms with E-state index in [2.05, 4.69) is 50.5 Å². The van der Waals surface area contributed by atoms with Crippen molar-refractivity contribution in [3.63, 3.8) is 0 Å². The molecule has 1 aromatic carbocycles. The normalized spacial score (nSPS) is 19.4. The van der Waals surface area contributed by atoms with E-state index in [9.17, 15) is 0 Å². The maximum absolute atomic E-state index is 5.35. The number of nitrogens with zero attached hydrogens (tertiary/aromatic N) is 1. The molecular formula is C16H18BrNOS. The van der Waals surface area contributed by atoms with Crippen LogP contribution < -0.4 is 4.74 Å². The Balaban J connectivity index is 1.79. The number of hydrogen-bond acceptors (Lipinski definition) is 3.